The minimum absolute atomic E-state index is 0.878. The maximum absolute atomic E-state index is 3.76. The number of hydrogen-bond donors (Lipinski definition) is 0. The van der Waals surface area contributed by atoms with E-state index in [4.69, 9.17) is 0 Å². The van der Waals surface area contributed by atoms with Gasteiger partial charge >= 0.3 is 0 Å². The molecule has 1 rings (SSSR count). The highest BCUT2D eigenvalue weighted by Gasteiger charge is 2.01. The van der Waals surface area contributed by atoms with Crippen LogP contribution in [-0.2, 0) is 0 Å². The first-order chi connectivity index (χ1) is 4.25. The van der Waals surface area contributed by atoms with E-state index < -0.39 is 0 Å². The van der Waals surface area contributed by atoms with Crippen molar-refractivity contribution in [2.45, 2.75) is 6.92 Å². The smallest absolute Gasteiger partial charge is 0.148 e. The van der Waals surface area contributed by atoms with Gasteiger partial charge in [0.2, 0.25) is 0 Å². The van der Waals surface area contributed by atoms with Crippen LogP contribution in [0.2, 0.25) is 0 Å². The molecule has 0 fully saturated rings. The van der Waals surface area contributed by atoms with Crippen molar-refractivity contribution in [3.05, 3.63) is 9.39 Å². The zero-order valence-electron chi connectivity index (χ0n) is 4.87. The van der Waals surface area contributed by atoms with Crippen molar-refractivity contribution in [1.82, 2.24) is 15.1 Å². The lowest BCUT2D eigenvalue weighted by molar-refractivity contribution is 0.685. The molecule has 48 valence electrons. The molecule has 0 atom stereocenters. The van der Waals surface area contributed by atoms with E-state index in [0.29, 0.717) is 0 Å². The summed E-state index contributed by atoms with van der Waals surface area (Å²) >= 11 is 2.10. The fraction of sp³-hybridized carbons (Fsp3) is 0.250. The summed E-state index contributed by atoms with van der Waals surface area (Å²) in [4.78, 5) is 1.38. The summed E-state index contributed by atoms with van der Waals surface area (Å²) in [6.45, 7) is 5.18. The Labute approximate surface area is 66.1 Å². The van der Waals surface area contributed by atoms with Gasteiger partial charge in [-0.1, -0.05) is 0 Å². The quantitative estimate of drug-likeness (QED) is 0.530. The van der Waals surface area contributed by atoms with E-state index in [2.05, 4.69) is 44.7 Å². The third-order valence-electron chi connectivity index (χ3n) is 0.888. The van der Waals surface area contributed by atoms with E-state index in [9.17, 15) is 0 Å². The minimum atomic E-state index is 0.878. The van der Waals surface area contributed by atoms with Crippen LogP contribution in [0.5, 0.6) is 0 Å². The first-order valence-electron chi connectivity index (χ1n) is 2.30. The highest BCUT2D eigenvalue weighted by atomic mass is 127. The Kier molecular flexibility index (Phi) is 1.79. The van der Waals surface area contributed by atoms with Crippen molar-refractivity contribution < 1.29 is 0 Å². The van der Waals surface area contributed by atoms with Gasteiger partial charge in [0.1, 0.15) is 3.70 Å². The highest BCUT2D eigenvalue weighted by Crippen LogP contribution is 2.05. The molecule has 9 heavy (non-hydrogen) atoms. The van der Waals surface area contributed by atoms with Gasteiger partial charge in [-0.3, -0.25) is 0 Å². The summed E-state index contributed by atoms with van der Waals surface area (Å²) in [7, 11) is 0. The van der Waals surface area contributed by atoms with Crippen molar-refractivity contribution in [3.63, 3.8) is 0 Å². The molecule has 0 bridgehead atoms. The number of rotatable bonds is 1. The SMILES string of the molecule is C=Nn1nnc(C)c1I. The first kappa shape index (κ1) is 6.66. The van der Waals surface area contributed by atoms with Crippen molar-refractivity contribution in [2.24, 2.45) is 5.10 Å². The van der Waals surface area contributed by atoms with Gasteiger partial charge in [0.25, 0.3) is 0 Å². The molecular weight excluding hydrogens is 231 g/mol. The molecule has 0 amide bonds. The van der Waals surface area contributed by atoms with Gasteiger partial charge in [-0.15, -0.1) is 9.89 Å². The molecule has 1 aromatic heterocycles. The van der Waals surface area contributed by atoms with Gasteiger partial charge < -0.3 is 0 Å². The van der Waals surface area contributed by atoms with Gasteiger partial charge in [-0.2, -0.15) is 5.10 Å². The maximum atomic E-state index is 3.76. The van der Waals surface area contributed by atoms with Crippen molar-refractivity contribution in [1.29, 1.82) is 0 Å². The zero-order valence-corrected chi connectivity index (χ0v) is 7.03. The van der Waals surface area contributed by atoms with Gasteiger partial charge in [-0.25, -0.2) is 0 Å². The van der Waals surface area contributed by atoms with Crippen LogP contribution in [0, 0.1) is 10.6 Å². The number of aromatic nitrogens is 3. The van der Waals surface area contributed by atoms with Crippen LogP contribution in [-0.4, -0.2) is 21.8 Å². The molecule has 0 aliphatic carbocycles. The van der Waals surface area contributed by atoms with E-state index >= 15 is 0 Å². The summed E-state index contributed by atoms with van der Waals surface area (Å²) in [5.41, 5.74) is 0.878. The van der Waals surface area contributed by atoms with E-state index in [0.717, 1.165) is 9.39 Å². The van der Waals surface area contributed by atoms with Crippen LogP contribution >= 0.6 is 22.6 Å². The Hall–Kier alpha value is -0.460. The van der Waals surface area contributed by atoms with Gasteiger partial charge in [0.15, 0.2) is 0 Å². The van der Waals surface area contributed by atoms with E-state index in [1.54, 1.807) is 0 Å². The second-order valence-electron chi connectivity index (χ2n) is 1.50. The molecule has 0 aromatic carbocycles. The zero-order chi connectivity index (χ0) is 6.85. The Morgan fingerprint density at radius 3 is 2.67 bits per heavy atom. The van der Waals surface area contributed by atoms with E-state index in [-0.39, 0.29) is 0 Å². The Balaban J connectivity index is 3.18. The molecular formula is C4H5IN4. The van der Waals surface area contributed by atoms with E-state index in [1.807, 2.05) is 6.92 Å². The normalized spacial score (nSPS) is 9.56. The second kappa shape index (κ2) is 2.42. The summed E-state index contributed by atoms with van der Waals surface area (Å²) in [6, 6.07) is 0. The second-order valence-corrected chi connectivity index (χ2v) is 2.52. The highest BCUT2D eigenvalue weighted by molar-refractivity contribution is 14.1. The third-order valence-corrected chi connectivity index (χ3v) is 2.10. The Morgan fingerprint density at radius 1 is 1.78 bits per heavy atom. The lowest BCUT2D eigenvalue weighted by atomic mass is 10.6. The molecule has 0 spiro atoms. The van der Waals surface area contributed by atoms with Crippen molar-refractivity contribution >= 4 is 29.3 Å². The predicted molar refractivity (Wildman–Crippen MR) is 42.4 cm³/mol. The number of halogens is 1. The number of nitrogens with zero attached hydrogens (tertiary/aromatic N) is 4. The average molecular weight is 236 g/mol. The van der Waals surface area contributed by atoms with Crippen LogP contribution in [0.25, 0.3) is 0 Å². The largest absolute Gasteiger partial charge is 0.165 e. The van der Waals surface area contributed by atoms with Crippen molar-refractivity contribution in [2.75, 3.05) is 0 Å². The third kappa shape index (κ3) is 1.09. The van der Waals surface area contributed by atoms with Crippen molar-refractivity contribution in [3.8, 4) is 0 Å². The van der Waals surface area contributed by atoms with Gasteiger partial charge in [0, 0.05) is 6.72 Å². The van der Waals surface area contributed by atoms with Gasteiger partial charge in [0.05, 0.1) is 5.69 Å². The molecule has 0 unspecified atom stereocenters. The molecule has 5 heteroatoms. The Bertz CT molecular complexity index is 228. The molecule has 0 aliphatic rings. The standard InChI is InChI=1S/C4H5IN4/c1-3-4(5)9(6-2)8-7-3/h2H2,1H3. The van der Waals surface area contributed by atoms with Crippen LogP contribution < -0.4 is 0 Å². The first-order valence-corrected chi connectivity index (χ1v) is 3.38. The molecule has 0 aliphatic heterocycles. The molecule has 4 nitrogen and oxygen atoms in total. The monoisotopic (exact) mass is 236 g/mol. The molecule has 0 N–H and O–H groups in total. The summed E-state index contributed by atoms with van der Waals surface area (Å²) in [6.07, 6.45) is 0. The van der Waals surface area contributed by atoms with E-state index in [1.165, 1.54) is 4.79 Å². The Morgan fingerprint density at radius 2 is 2.44 bits per heavy atom. The van der Waals surface area contributed by atoms with Crippen LogP contribution in [0.1, 0.15) is 5.69 Å². The lowest BCUT2D eigenvalue weighted by Gasteiger charge is -1.86. The fourth-order valence-electron chi connectivity index (χ4n) is 0.425. The maximum Gasteiger partial charge on any atom is 0.148 e. The lowest BCUT2D eigenvalue weighted by Crippen LogP contribution is -1.91. The minimum Gasteiger partial charge on any atom is -0.165 e. The molecule has 1 aromatic rings. The number of hydrogen-bond acceptors (Lipinski definition) is 3. The average Bonchev–Trinajstić information content (AvgIpc) is 2.15. The molecule has 0 radical (unpaired) electrons. The van der Waals surface area contributed by atoms with Crippen LogP contribution in [0.3, 0.4) is 0 Å². The summed E-state index contributed by atoms with van der Waals surface area (Å²) in [5, 5.41) is 11.0. The van der Waals surface area contributed by atoms with Gasteiger partial charge in [-0.05, 0) is 34.7 Å². The molecule has 0 saturated heterocycles. The topological polar surface area (TPSA) is 43.1 Å². The molecule has 0 saturated carbocycles. The predicted octanol–water partition coefficient (Wildman–Crippen LogP) is 0.655. The summed E-state index contributed by atoms with van der Waals surface area (Å²) in [5.74, 6) is 0. The molecule has 1 heterocycles. The summed E-state index contributed by atoms with van der Waals surface area (Å²) < 4.78 is 0.905. The number of aryl methyl sites for hydroxylation is 1. The van der Waals surface area contributed by atoms with Crippen LogP contribution in [0.15, 0.2) is 5.10 Å². The fourth-order valence-corrected chi connectivity index (χ4v) is 0.782. The van der Waals surface area contributed by atoms with Crippen LogP contribution in [0.4, 0.5) is 0 Å².